The molecule has 2 N–H and O–H groups in total. The molecule has 5 nitrogen and oxygen atoms in total. The summed E-state index contributed by atoms with van der Waals surface area (Å²) in [5, 5.41) is 0. The van der Waals surface area contributed by atoms with Crippen LogP contribution in [-0.2, 0) is 4.74 Å². The van der Waals surface area contributed by atoms with Crippen molar-refractivity contribution >= 4 is 5.96 Å². The van der Waals surface area contributed by atoms with Crippen LogP contribution in [0.1, 0.15) is 11.6 Å². The molecule has 7 heteroatoms. The van der Waals surface area contributed by atoms with Gasteiger partial charge in [0.05, 0.1) is 25.8 Å². The summed E-state index contributed by atoms with van der Waals surface area (Å²) in [5.74, 6) is -0.760. The molecule has 0 spiro atoms. The first-order valence-electron chi connectivity index (χ1n) is 7.23. The number of morpholine rings is 1. The van der Waals surface area contributed by atoms with E-state index in [0.717, 1.165) is 0 Å². The largest absolute Gasteiger partial charge is 0.378 e. The molecular weight excluding hydrogens is 290 g/mol. The number of hydrogen-bond donors (Lipinski definition) is 1. The first kappa shape index (κ1) is 16.6. The fourth-order valence-corrected chi connectivity index (χ4v) is 2.41. The summed E-state index contributed by atoms with van der Waals surface area (Å²) in [6.07, 6.45) is 0. The van der Waals surface area contributed by atoms with E-state index in [0.29, 0.717) is 32.3 Å². The molecule has 1 heterocycles. The number of hydrogen-bond acceptors (Lipinski definition) is 3. The van der Waals surface area contributed by atoms with Gasteiger partial charge in [0.15, 0.2) is 5.96 Å². The van der Waals surface area contributed by atoms with E-state index in [1.807, 2.05) is 4.90 Å². The van der Waals surface area contributed by atoms with Crippen molar-refractivity contribution in [3.8, 4) is 0 Å². The molecule has 0 radical (unpaired) electrons. The fourth-order valence-electron chi connectivity index (χ4n) is 2.41. The van der Waals surface area contributed by atoms with E-state index < -0.39 is 17.7 Å². The summed E-state index contributed by atoms with van der Waals surface area (Å²) in [6.45, 7) is 2.75. The summed E-state index contributed by atoms with van der Waals surface area (Å²) < 4.78 is 33.2. The predicted molar refractivity (Wildman–Crippen MR) is 81.7 cm³/mol. The quantitative estimate of drug-likeness (QED) is 0.671. The highest BCUT2D eigenvalue weighted by atomic mass is 19.1. The lowest BCUT2D eigenvalue weighted by Gasteiger charge is -2.29. The van der Waals surface area contributed by atoms with Crippen molar-refractivity contribution in [1.29, 1.82) is 0 Å². The van der Waals surface area contributed by atoms with Crippen LogP contribution in [0.4, 0.5) is 8.78 Å². The van der Waals surface area contributed by atoms with E-state index in [1.165, 1.54) is 18.2 Å². The van der Waals surface area contributed by atoms with Crippen LogP contribution in [0.25, 0.3) is 0 Å². The Morgan fingerprint density at radius 3 is 2.45 bits per heavy atom. The SMILES string of the molecule is CN(C)[C@H](CN=C(N)N1CCOCC1)c1c(F)cccc1F. The Morgan fingerprint density at radius 2 is 1.91 bits per heavy atom. The topological polar surface area (TPSA) is 54.1 Å². The van der Waals surface area contributed by atoms with Crippen LogP contribution in [0.2, 0.25) is 0 Å². The Morgan fingerprint density at radius 1 is 1.32 bits per heavy atom. The molecule has 1 saturated heterocycles. The molecule has 1 aliphatic heterocycles. The molecule has 1 atom stereocenters. The molecule has 1 fully saturated rings. The van der Waals surface area contributed by atoms with E-state index >= 15 is 0 Å². The number of nitrogens with two attached hydrogens (primary N) is 1. The van der Waals surface area contributed by atoms with Crippen molar-refractivity contribution in [3.05, 3.63) is 35.4 Å². The molecule has 0 aromatic heterocycles. The van der Waals surface area contributed by atoms with Gasteiger partial charge in [-0.1, -0.05) is 6.07 Å². The predicted octanol–water partition coefficient (Wildman–Crippen LogP) is 1.21. The Bertz CT molecular complexity index is 510. The number of halogens is 2. The van der Waals surface area contributed by atoms with Crippen molar-refractivity contribution in [1.82, 2.24) is 9.80 Å². The molecule has 0 saturated carbocycles. The van der Waals surface area contributed by atoms with Crippen molar-refractivity contribution in [3.63, 3.8) is 0 Å². The monoisotopic (exact) mass is 312 g/mol. The van der Waals surface area contributed by atoms with E-state index in [-0.39, 0.29) is 12.1 Å². The van der Waals surface area contributed by atoms with E-state index in [4.69, 9.17) is 10.5 Å². The normalized spacial score (nSPS) is 17.9. The van der Waals surface area contributed by atoms with Crippen LogP contribution in [0.3, 0.4) is 0 Å². The minimum atomic E-state index is -0.571. The van der Waals surface area contributed by atoms with E-state index in [9.17, 15) is 8.78 Å². The van der Waals surface area contributed by atoms with Crippen molar-refractivity contribution < 1.29 is 13.5 Å². The highest BCUT2D eigenvalue weighted by Crippen LogP contribution is 2.24. The first-order valence-corrected chi connectivity index (χ1v) is 7.23. The summed E-state index contributed by atoms with van der Waals surface area (Å²) in [6, 6.07) is 3.35. The van der Waals surface area contributed by atoms with Crippen LogP contribution in [0.15, 0.2) is 23.2 Å². The Labute approximate surface area is 129 Å². The van der Waals surface area contributed by atoms with E-state index in [1.54, 1.807) is 19.0 Å². The van der Waals surface area contributed by atoms with Gasteiger partial charge in [-0.15, -0.1) is 0 Å². The van der Waals surface area contributed by atoms with Crippen LogP contribution < -0.4 is 5.73 Å². The van der Waals surface area contributed by atoms with Gasteiger partial charge in [0.2, 0.25) is 0 Å². The molecule has 0 amide bonds. The van der Waals surface area contributed by atoms with Gasteiger partial charge in [-0.05, 0) is 26.2 Å². The van der Waals surface area contributed by atoms with Crippen LogP contribution in [-0.4, -0.2) is 62.7 Å². The second-order valence-electron chi connectivity index (χ2n) is 5.41. The maximum atomic E-state index is 14.0. The van der Waals surface area contributed by atoms with Gasteiger partial charge in [-0.3, -0.25) is 4.99 Å². The number of benzene rings is 1. The lowest BCUT2D eigenvalue weighted by Crippen LogP contribution is -2.45. The standard InChI is InChI=1S/C15H22F2N4O/c1-20(2)13(14-11(16)4-3-5-12(14)17)10-19-15(18)21-6-8-22-9-7-21/h3-5,13H,6-10H2,1-2H3,(H2,18,19)/t13-/m1/s1. The Hall–Kier alpha value is -1.73. The average molecular weight is 312 g/mol. The van der Waals surface area contributed by atoms with Crippen molar-refractivity contribution in [2.45, 2.75) is 6.04 Å². The van der Waals surface area contributed by atoms with Crippen LogP contribution >= 0.6 is 0 Å². The number of ether oxygens (including phenoxy) is 1. The fraction of sp³-hybridized carbons (Fsp3) is 0.533. The zero-order valence-electron chi connectivity index (χ0n) is 12.9. The van der Waals surface area contributed by atoms with Gasteiger partial charge >= 0.3 is 0 Å². The molecule has 0 aliphatic carbocycles. The number of nitrogens with zero attached hydrogens (tertiary/aromatic N) is 3. The van der Waals surface area contributed by atoms with E-state index in [2.05, 4.69) is 4.99 Å². The summed E-state index contributed by atoms with van der Waals surface area (Å²) >= 11 is 0. The highest BCUT2D eigenvalue weighted by molar-refractivity contribution is 5.78. The Kier molecular flexibility index (Phi) is 5.68. The second-order valence-corrected chi connectivity index (χ2v) is 5.41. The maximum Gasteiger partial charge on any atom is 0.191 e. The van der Waals surface area contributed by atoms with Crippen molar-refractivity contribution in [2.24, 2.45) is 10.7 Å². The summed E-state index contributed by atoms with van der Waals surface area (Å²) in [4.78, 5) is 7.96. The third-order valence-electron chi connectivity index (χ3n) is 3.72. The molecular formula is C15H22F2N4O. The van der Waals surface area contributed by atoms with Gasteiger partial charge in [-0.25, -0.2) is 8.78 Å². The molecule has 1 aliphatic rings. The summed E-state index contributed by atoms with van der Waals surface area (Å²) in [5.41, 5.74) is 5.98. The van der Waals surface area contributed by atoms with Gasteiger partial charge < -0.3 is 20.3 Å². The smallest absolute Gasteiger partial charge is 0.191 e. The molecule has 22 heavy (non-hydrogen) atoms. The highest BCUT2D eigenvalue weighted by Gasteiger charge is 2.22. The number of rotatable bonds is 4. The number of aliphatic imine (C=N–C) groups is 1. The molecule has 1 aromatic carbocycles. The molecule has 0 unspecified atom stereocenters. The zero-order chi connectivity index (χ0) is 16.1. The first-order chi connectivity index (χ1) is 10.5. The minimum absolute atomic E-state index is 0.0195. The third-order valence-corrected chi connectivity index (χ3v) is 3.72. The van der Waals surface area contributed by atoms with Crippen LogP contribution in [0, 0.1) is 11.6 Å². The van der Waals surface area contributed by atoms with Gasteiger partial charge in [0.1, 0.15) is 11.6 Å². The van der Waals surface area contributed by atoms with Gasteiger partial charge in [0.25, 0.3) is 0 Å². The average Bonchev–Trinajstić information content (AvgIpc) is 2.50. The van der Waals surface area contributed by atoms with Gasteiger partial charge in [-0.2, -0.15) is 0 Å². The number of likely N-dealkylation sites (N-methyl/N-ethyl adjacent to an activating group) is 1. The summed E-state index contributed by atoms with van der Waals surface area (Å²) in [7, 11) is 3.52. The van der Waals surface area contributed by atoms with Crippen molar-refractivity contribution in [2.75, 3.05) is 46.9 Å². The van der Waals surface area contributed by atoms with Gasteiger partial charge in [0, 0.05) is 18.7 Å². The molecule has 1 aromatic rings. The molecule has 122 valence electrons. The third kappa shape index (κ3) is 3.92. The zero-order valence-corrected chi connectivity index (χ0v) is 12.9. The minimum Gasteiger partial charge on any atom is -0.378 e. The number of guanidine groups is 1. The molecule has 2 rings (SSSR count). The maximum absolute atomic E-state index is 14.0. The molecule has 0 bridgehead atoms. The Balaban J connectivity index is 2.15. The second kappa shape index (κ2) is 7.51. The lowest BCUT2D eigenvalue weighted by atomic mass is 10.0. The lowest BCUT2D eigenvalue weighted by molar-refractivity contribution is 0.0673. The van der Waals surface area contributed by atoms with Crippen LogP contribution in [0.5, 0.6) is 0 Å².